The summed E-state index contributed by atoms with van der Waals surface area (Å²) in [5, 5.41) is 0. The van der Waals surface area contributed by atoms with Crippen molar-refractivity contribution in [3.63, 3.8) is 0 Å². The highest BCUT2D eigenvalue weighted by atomic mass is 79.9. The average molecular weight is 501 g/mol. The van der Waals surface area contributed by atoms with E-state index in [0.717, 1.165) is 10.0 Å². The van der Waals surface area contributed by atoms with Gasteiger partial charge in [-0.15, -0.1) is 0 Å². The third-order valence-electron chi connectivity index (χ3n) is 4.87. The molecule has 0 radical (unpaired) electrons. The van der Waals surface area contributed by atoms with Crippen LogP contribution in [0.15, 0.2) is 74.1 Å². The van der Waals surface area contributed by atoms with E-state index in [4.69, 9.17) is 4.74 Å². The van der Waals surface area contributed by atoms with Crippen LogP contribution in [0.3, 0.4) is 0 Å². The lowest BCUT2D eigenvalue weighted by Crippen LogP contribution is -2.39. The Balaban J connectivity index is 1.94. The van der Waals surface area contributed by atoms with E-state index in [1.807, 2.05) is 24.3 Å². The number of aromatic nitrogens is 1. The Morgan fingerprint density at radius 1 is 1.23 bits per heavy atom. The van der Waals surface area contributed by atoms with Crippen LogP contribution in [-0.4, -0.2) is 17.1 Å². The summed E-state index contributed by atoms with van der Waals surface area (Å²) in [6.07, 6.45) is 1.70. The number of nitrogens with zero attached hydrogens (tertiary/aromatic N) is 2. The number of thiazole rings is 1. The van der Waals surface area contributed by atoms with Crippen molar-refractivity contribution in [3.05, 3.63) is 101 Å². The fourth-order valence-corrected chi connectivity index (χ4v) is 4.77. The predicted octanol–water partition coefficient (Wildman–Crippen LogP) is 3.70. The molecular weight excluding hydrogens is 483 g/mol. The molecule has 1 unspecified atom stereocenters. The molecule has 0 bridgehead atoms. The maximum absolute atomic E-state index is 13.4. The van der Waals surface area contributed by atoms with Crippen LogP contribution in [0.4, 0.5) is 4.39 Å². The molecule has 1 atom stereocenters. The molecule has 5 nitrogen and oxygen atoms in total. The van der Waals surface area contributed by atoms with Crippen LogP contribution in [0.25, 0.3) is 6.08 Å². The summed E-state index contributed by atoms with van der Waals surface area (Å²) in [7, 11) is 0. The van der Waals surface area contributed by atoms with E-state index in [9.17, 15) is 14.0 Å². The van der Waals surface area contributed by atoms with Crippen LogP contribution >= 0.6 is 27.3 Å². The first-order valence-electron chi connectivity index (χ1n) is 9.59. The van der Waals surface area contributed by atoms with Gasteiger partial charge < -0.3 is 4.74 Å². The van der Waals surface area contributed by atoms with E-state index in [1.54, 1.807) is 32.1 Å². The van der Waals surface area contributed by atoms with Crippen LogP contribution in [0, 0.1) is 5.82 Å². The largest absolute Gasteiger partial charge is 0.463 e. The Bertz CT molecular complexity index is 1360. The van der Waals surface area contributed by atoms with E-state index < -0.39 is 12.0 Å². The maximum Gasteiger partial charge on any atom is 0.338 e. The number of hydrogen-bond acceptors (Lipinski definition) is 5. The lowest BCUT2D eigenvalue weighted by molar-refractivity contribution is -0.139. The first-order valence-corrected chi connectivity index (χ1v) is 11.2. The number of hydrogen-bond donors (Lipinski definition) is 0. The van der Waals surface area contributed by atoms with E-state index in [-0.39, 0.29) is 18.0 Å². The normalized spacial score (nSPS) is 16.1. The molecule has 0 amide bonds. The monoisotopic (exact) mass is 500 g/mol. The van der Waals surface area contributed by atoms with Gasteiger partial charge in [0.1, 0.15) is 5.82 Å². The third kappa shape index (κ3) is 4.18. The summed E-state index contributed by atoms with van der Waals surface area (Å²) in [4.78, 5) is 31.2. The molecule has 8 heteroatoms. The number of benzene rings is 2. The highest BCUT2D eigenvalue weighted by Crippen LogP contribution is 2.31. The smallest absolute Gasteiger partial charge is 0.338 e. The molecule has 4 rings (SSSR count). The van der Waals surface area contributed by atoms with E-state index in [1.165, 1.54) is 28.0 Å². The highest BCUT2D eigenvalue weighted by molar-refractivity contribution is 9.10. The maximum atomic E-state index is 13.4. The molecule has 3 aromatic rings. The van der Waals surface area contributed by atoms with Crippen LogP contribution in [-0.2, 0) is 9.53 Å². The molecule has 31 heavy (non-hydrogen) atoms. The first kappa shape index (κ1) is 21.4. The van der Waals surface area contributed by atoms with E-state index in [0.29, 0.717) is 26.2 Å². The second-order valence-corrected chi connectivity index (χ2v) is 8.83. The number of rotatable bonds is 4. The third-order valence-corrected chi connectivity index (χ3v) is 6.38. The summed E-state index contributed by atoms with van der Waals surface area (Å²) in [6, 6.07) is 12.7. The minimum absolute atomic E-state index is 0.220. The van der Waals surface area contributed by atoms with Gasteiger partial charge in [-0.25, -0.2) is 14.2 Å². The average Bonchev–Trinajstić information content (AvgIpc) is 3.04. The van der Waals surface area contributed by atoms with Gasteiger partial charge in [0.05, 0.1) is 28.5 Å². The molecule has 0 fully saturated rings. The lowest BCUT2D eigenvalue weighted by atomic mass is 9.96. The number of esters is 1. The van der Waals surface area contributed by atoms with Crippen molar-refractivity contribution >= 4 is 39.3 Å². The van der Waals surface area contributed by atoms with Crippen LogP contribution in [0.2, 0.25) is 0 Å². The standard InChI is InChI=1S/C23H18BrFN2O3S/c1-3-30-22(29)19-13(2)26-23-27(20(19)15-6-8-16(24)9-7-15)21(28)18(31-23)12-14-4-10-17(25)11-5-14/h4-12,20H,3H2,1-2H3/b18-12+. The molecule has 158 valence electrons. The summed E-state index contributed by atoms with van der Waals surface area (Å²) < 4.78 is 21.4. The molecule has 1 aliphatic rings. The zero-order valence-corrected chi connectivity index (χ0v) is 19.2. The van der Waals surface area contributed by atoms with Gasteiger partial charge in [0, 0.05) is 4.47 Å². The Labute approximate surface area is 190 Å². The van der Waals surface area contributed by atoms with Crippen molar-refractivity contribution in [1.82, 2.24) is 4.57 Å². The number of ether oxygens (including phenoxy) is 1. The van der Waals surface area contributed by atoms with Crippen molar-refractivity contribution in [2.75, 3.05) is 6.61 Å². The fourth-order valence-electron chi connectivity index (χ4n) is 3.46. The number of carbonyl (C=O) groups excluding carboxylic acids is 1. The zero-order chi connectivity index (χ0) is 22.1. The molecule has 2 heterocycles. The SMILES string of the molecule is CCOC(=O)C1=C(C)N=c2s/c(=C/c3ccc(F)cc3)c(=O)n2C1c1ccc(Br)cc1. The number of allylic oxidation sites excluding steroid dienone is 1. The molecule has 0 saturated carbocycles. The molecule has 0 spiro atoms. The van der Waals surface area contributed by atoms with Gasteiger partial charge in [-0.3, -0.25) is 9.36 Å². The zero-order valence-electron chi connectivity index (χ0n) is 16.8. The highest BCUT2D eigenvalue weighted by Gasteiger charge is 2.33. The predicted molar refractivity (Wildman–Crippen MR) is 121 cm³/mol. The van der Waals surface area contributed by atoms with Gasteiger partial charge >= 0.3 is 5.97 Å². The quantitative estimate of drug-likeness (QED) is 0.513. The second kappa shape index (κ2) is 8.72. The summed E-state index contributed by atoms with van der Waals surface area (Å²) in [5.41, 5.74) is 2.06. The summed E-state index contributed by atoms with van der Waals surface area (Å²) in [5.74, 6) is -0.840. The second-order valence-electron chi connectivity index (χ2n) is 6.91. The molecule has 1 aliphatic heterocycles. The van der Waals surface area contributed by atoms with Gasteiger partial charge in [0.2, 0.25) is 0 Å². The van der Waals surface area contributed by atoms with E-state index in [2.05, 4.69) is 20.9 Å². The Hall–Kier alpha value is -2.84. The van der Waals surface area contributed by atoms with Gasteiger partial charge in [0.15, 0.2) is 4.80 Å². The van der Waals surface area contributed by atoms with Crippen molar-refractivity contribution in [2.24, 2.45) is 4.99 Å². The van der Waals surface area contributed by atoms with Crippen molar-refractivity contribution < 1.29 is 13.9 Å². The first-order chi connectivity index (χ1) is 14.9. The molecule has 0 saturated heterocycles. The fraction of sp³-hybridized carbons (Fsp3) is 0.174. The van der Waals surface area contributed by atoms with Gasteiger partial charge in [0.25, 0.3) is 5.56 Å². The van der Waals surface area contributed by atoms with Gasteiger partial charge in [-0.1, -0.05) is 51.5 Å². The van der Waals surface area contributed by atoms with E-state index >= 15 is 0 Å². The minimum atomic E-state index is -0.654. The minimum Gasteiger partial charge on any atom is -0.463 e. The number of carbonyl (C=O) groups is 1. The van der Waals surface area contributed by atoms with Crippen LogP contribution < -0.4 is 14.9 Å². The molecular formula is C23H18BrFN2O3S. The number of fused-ring (bicyclic) bond motifs is 1. The Kier molecular flexibility index (Phi) is 6.02. The lowest BCUT2D eigenvalue weighted by Gasteiger charge is -2.24. The van der Waals surface area contributed by atoms with Crippen LogP contribution in [0.1, 0.15) is 31.0 Å². The topological polar surface area (TPSA) is 60.7 Å². The van der Waals surface area contributed by atoms with Crippen LogP contribution in [0.5, 0.6) is 0 Å². The van der Waals surface area contributed by atoms with Gasteiger partial charge in [-0.2, -0.15) is 0 Å². The number of halogens is 2. The Morgan fingerprint density at radius 3 is 2.55 bits per heavy atom. The molecule has 2 aromatic carbocycles. The Morgan fingerprint density at radius 2 is 1.90 bits per heavy atom. The molecule has 0 N–H and O–H groups in total. The van der Waals surface area contributed by atoms with Crippen molar-refractivity contribution in [1.29, 1.82) is 0 Å². The van der Waals surface area contributed by atoms with Gasteiger partial charge in [-0.05, 0) is 55.3 Å². The summed E-state index contributed by atoms with van der Waals surface area (Å²) >= 11 is 4.65. The molecule has 1 aromatic heterocycles. The van der Waals surface area contributed by atoms with Crippen molar-refractivity contribution in [2.45, 2.75) is 19.9 Å². The summed E-state index contributed by atoms with van der Waals surface area (Å²) in [6.45, 7) is 3.70. The molecule has 0 aliphatic carbocycles. The van der Waals surface area contributed by atoms with Crippen molar-refractivity contribution in [3.8, 4) is 0 Å².